The molecule has 2 rings (SSSR count). The van der Waals surface area contributed by atoms with Crippen molar-refractivity contribution in [1.82, 2.24) is 10.6 Å². The molecule has 0 saturated carbocycles. The number of urea groups is 1. The van der Waals surface area contributed by atoms with E-state index in [-0.39, 0.29) is 11.5 Å². The van der Waals surface area contributed by atoms with Gasteiger partial charge in [0.2, 0.25) is 0 Å². The summed E-state index contributed by atoms with van der Waals surface area (Å²) in [6, 6.07) is 8.89. The van der Waals surface area contributed by atoms with E-state index in [0.717, 1.165) is 0 Å². The normalized spacial score (nSPS) is 11.9. The van der Waals surface area contributed by atoms with Crippen molar-refractivity contribution >= 4 is 40.8 Å². The summed E-state index contributed by atoms with van der Waals surface area (Å²) in [7, 11) is 0. The van der Waals surface area contributed by atoms with Gasteiger partial charge in [-0.15, -0.1) is 11.3 Å². The lowest BCUT2D eigenvalue weighted by molar-refractivity contribution is -0.127. The topological polar surface area (TPSA) is 114 Å². The molecule has 0 aliphatic heterocycles. The minimum Gasteiger partial charge on any atom is -0.449 e. The lowest BCUT2D eigenvalue weighted by Crippen LogP contribution is -2.50. The summed E-state index contributed by atoms with van der Waals surface area (Å²) in [5, 5.41) is 9.23. The Morgan fingerprint density at radius 1 is 1.03 bits per heavy atom. The van der Waals surface area contributed by atoms with Crippen LogP contribution in [0.5, 0.6) is 0 Å². The molecule has 1 heterocycles. The fourth-order valence-electron chi connectivity index (χ4n) is 2.16. The highest BCUT2D eigenvalue weighted by atomic mass is 32.1. The molecule has 29 heavy (non-hydrogen) atoms. The third-order valence-electron chi connectivity index (χ3n) is 3.50. The Kier molecular flexibility index (Phi) is 7.11. The molecule has 3 N–H and O–H groups in total. The summed E-state index contributed by atoms with van der Waals surface area (Å²) in [5.74, 6) is -1.70. The summed E-state index contributed by atoms with van der Waals surface area (Å²) in [6.45, 7) is 6.68. The lowest BCUT2D eigenvalue weighted by atomic mass is 10.1. The van der Waals surface area contributed by atoms with Crippen LogP contribution in [-0.2, 0) is 9.53 Å². The molecule has 1 aromatic heterocycles. The predicted octanol–water partition coefficient (Wildman–Crippen LogP) is 3.17. The Bertz CT molecular complexity index is 886. The SMILES string of the molecule is CC(OC(=O)c1ccc(NC(=O)c2cccs2)cc1)C(=O)NC(=O)NC(C)(C)C. The smallest absolute Gasteiger partial charge is 0.338 e. The quantitative estimate of drug-likeness (QED) is 0.647. The fourth-order valence-corrected chi connectivity index (χ4v) is 2.78. The number of esters is 1. The third kappa shape index (κ3) is 7.04. The number of thiophene rings is 1. The van der Waals surface area contributed by atoms with E-state index < -0.39 is 29.6 Å². The maximum Gasteiger partial charge on any atom is 0.338 e. The molecule has 0 aliphatic rings. The standard InChI is InChI=1S/C20H23N3O5S/c1-12(16(24)22-19(27)23-20(2,3)4)28-18(26)13-7-9-14(10-8-13)21-17(25)15-6-5-11-29-15/h5-12H,1-4H3,(H,21,25)(H2,22,23,24,27). The molecule has 1 unspecified atom stereocenters. The zero-order valence-corrected chi connectivity index (χ0v) is 17.4. The van der Waals surface area contributed by atoms with E-state index in [9.17, 15) is 19.2 Å². The molecule has 0 saturated heterocycles. The van der Waals surface area contributed by atoms with Crippen LogP contribution in [0, 0.1) is 0 Å². The number of carbonyl (C=O) groups is 4. The van der Waals surface area contributed by atoms with Crippen molar-refractivity contribution in [2.75, 3.05) is 5.32 Å². The first kappa shape index (κ1) is 22.1. The number of amides is 4. The molecule has 0 aliphatic carbocycles. The zero-order chi connectivity index (χ0) is 21.6. The molecule has 4 amide bonds. The molecule has 0 bridgehead atoms. The number of ether oxygens (including phenoxy) is 1. The Hall–Kier alpha value is -3.20. The number of hydrogen-bond donors (Lipinski definition) is 3. The molecule has 2 aromatic rings. The van der Waals surface area contributed by atoms with Gasteiger partial charge in [0.15, 0.2) is 6.10 Å². The lowest BCUT2D eigenvalue weighted by Gasteiger charge is -2.21. The number of imide groups is 1. The van der Waals surface area contributed by atoms with Crippen molar-refractivity contribution in [3.8, 4) is 0 Å². The van der Waals surface area contributed by atoms with Crippen LogP contribution in [0.3, 0.4) is 0 Å². The van der Waals surface area contributed by atoms with Crippen LogP contribution < -0.4 is 16.0 Å². The van der Waals surface area contributed by atoms with Gasteiger partial charge in [0.25, 0.3) is 11.8 Å². The van der Waals surface area contributed by atoms with E-state index >= 15 is 0 Å². The van der Waals surface area contributed by atoms with Crippen LogP contribution in [0.25, 0.3) is 0 Å². The summed E-state index contributed by atoms with van der Waals surface area (Å²) in [4.78, 5) is 48.5. The van der Waals surface area contributed by atoms with Crippen LogP contribution >= 0.6 is 11.3 Å². The van der Waals surface area contributed by atoms with E-state index in [1.165, 1.54) is 30.4 Å². The maximum atomic E-state index is 12.2. The molecular weight excluding hydrogens is 394 g/mol. The highest BCUT2D eigenvalue weighted by molar-refractivity contribution is 7.12. The first-order chi connectivity index (χ1) is 13.5. The Labute approximate surface area is 172 Å². The number of benzene rings is 1. The van der Waals surface area contributed by atoms with Crippen LogP contribution in [0.4, 0.5) is 10.5 Å². The second-order valence-corrected chi connectivity index (χ2v) is 8.20. The molecule has 1 aromatic carbocycles. The molecule has 8 nitrogen and oxygen atoms in total. The second-order valence-electron chi connectivity index (χ2n) is 7.25. The number of rotatable bonds is 5. The Balaban J connectivity index is 1.89. The Morgan fingerprint density at radius 3 is 2.24 bits per heavy atom. The van der Waals surface area contributed by atoms with Crippen LogP contribution in [-0.4, -0.2) is 35.5 Å². The van der Waals surface area contributed by atoms with Crippen LogP contribution in [0.15, 0.2) is 41.8 Å². The number of anilines is 1. The first-order valence-electron chi connectivity index (χ1n) is 8.84. The van der Waals surface area contributed by atoms with Gasteiger partial charge in [0.05, 0.1) is 10.4 Å². The minimum atomic E-state index is -1.16. The summed E-state index contributed by atoms with van der Waals surface area (Å²) in [5.41, 5.74) is 0.216. The van der Waals surface area contributed by atoms with Crippen molar-refractivity contribution in [3.05, 3.63) is 52.2 Å². The van der Waals surface area contributed by atoms with Gasteiger partial charge in [-0.05, 0) is 63.4 Å². The molecule has 0 spiro atoms. The monoisotopic (exact) mass is 417 g/mol. The summed E-state index contributed by atoms with van der Waals surface area (Å²) < 4.78 is 5.09. The number of nitrogens with one attached hydrogen (secondary N) is 3. The van der Waals surface area contributed by atoms with E-state index in [4.69, 9.17) is 4.74 Å². The van der Waals surface area contributed by atoms with Gasteiger partial charge < -0.3 is 15.4 Å². The maximum absolute atomic E-state index is 12.2. The van der Waals surface area contributed by atoms with Crippen molar-refractivity contribution in [1.29, 1.82) is 0 Å². The van der Waals surface area contributed by atoms with Crippen LogP contribution in [0.1, 0.15) is 47.7 Å². The van der Waals surface area contributed by atoms with E-state index in [0.29, 0.717) is 10.6 Å². The van der Waals surface area contributed by atoms with Crippen molar-refractivity contribution in [3.63, 3.8) is 0 Å². The molecule has 1 atom stereocenters. The third-order valence-corrected chi connectivity index (χ3v) is 4.37. The van der Waals surface area contributed by atoms with Gasteiger partial charge in [0, 0.05) is 11.2 Å². The van der Waals surface area contributed by atoms with Crippen molar-refractivity contribution < 1.29 is 23.9 Å². The Morgan fingerprint density at radius 2 is 1.69 bits per heavy atom. The van der Waals surface area contributed by atoms with Gasteiger partial charge in [-0.25, -0.2) is 9.59 Å². The van der Waals surface area contributed by atoms with E-state index in [2.05, 4.69) is 16.0 Å². The van der Waals surface area contributed by atoms with Crippen LogP contribution in [0.2, 0.25) is 0 Å². The average Bonchev–Trinajstić information content (AvgIpc) is 3.15. The van der Waals surface area contributed by atoms with E-state index in [1.54, 1.807) is 50.4 Å². The average molecular weight is 417 g/mol. The van der Waals surface area contributed by atoms with Gasteiger partial charge in [-0.3, -0.25) is 14.9 Å². The van der Waals surface area contributed by atoms with Gasteiger partial charge in [-0.2, -0.15) is 0 Å². The predicted molar refractivity (Wildman–Crippen MR) is 110 cm³/mol. The highest BCUT2D eigenvalue weighted by Crippen LogP contribution is 2.15. The molecular formula is C20H23N3O5S. The molecule has 9 heteroatoms. The zero-order valence-electron chi connectivity index (χ0n) is 16.6. The summed E-state index contributed by atoms with van der Waals surface area (Å²) >= 11 is 1.32. The molecule has 0 fully saturated rings. The summed E-state index contributed by atoms with van der Waals surface area (Å²) in [6.07, 6.45) is -1.16. The first-order valence-corrected chi connectivity index (χ1v) is 9.72. The largest absolute Gasteiger partial charge is 0.449 e. The number of carbonyl (C=O) groups excluding carboxylic acids is 4. The van der Waals surface area contributed by atoms with Crippen molar-refractivity contribution in [2.45, 2.75) is 39.3 Å². The van der Waals surface area contributed by atoms with Gasteiger partial charge in [-0.1, -0.05) is 6.07 Å². The molecule has 154 valence electrons. The number of hydrogen-bond acceptors (Lipinski definition) is 6. The second kappa shape index (κ2) is 9.33. The molecule has 0 radical (unpaired) electrons. The fraction of sp³-hybridized carbons (Fsp3) is 0.300. The minimum absolute atomic E-state index is 0.206. The van der Waals surface area contributed by atoms with Crippen molar-refractivity contribution in [2.24, 2.45) is 0 Å². The van der Waals surface area contributed by atoms with Gasteiger partial charge >= 0.3 is 12.0 Å². The van der Waals surface area contributed by atoms with Gasteiger partial charge in [0.1, 0.15) is 0 Å². The van der Waals surface area contributed by atoms with E-state index in [1.807, 2.05) is 0 Å². The highest BCUT2D eigenvalue weighted by Gasteiger charge is 2.22.